The van der Waals surface area contributed by atoms with Crippen LogP contribution in [0.4, 0.5) is 0 Å². The van der Waals surface area contributed by atoms with Gasteiger partial charge in [-0.25, -0.2) is 5.43 Å². The third kappa shape index (κ3) is 3.48. The third-order valence-electron chi connectivity index (χ3n) is 0.691. The Morgan fingerprint density at radius 1 is 2.00 bits per heavy atom. The molecule has 0 bridgehead atoms. The maximum absolute atomic E-state index is 10.1. The average molecular weight is 133 g/mol. The van der Waals surface area contributed by atoms with Crippen molar-refractivity contribution >= 4 is 12.4 Å². The molecule has 0 aliphatic heterocycles. The van der Waals surface area contributed by atoms with Crippen LogP contribution in [-0.4, -0.2) is 23.5 Å². The van der Waals surface area contributed by atoms with Gasteiger partial charge in [-0.1, -0.05) is 0 Å². The Bertz CT molecular complexity index is 140. The molecule has 5 heteroatoms. The zero-order valence-electron chi connectivity index (χ0n) is 5.87. The molecular weight excluding hydrogens is 124 g/mol. The molecule has 5 nitrogen and oxygen atoms in total. The molecule has 9 heavy (non-hydrogen) atoms. The molecule has 0 heterocycles. The monoisotopic (exact) mass is 133 g/mol. The highest BCUT2D eigenvalue weighted by Crippen LogP contribution is 1.74. The van der Waals surface area contributed by atoms with Crippen molar-refractivity contribution < 1.29 is 16.1 Å². The minimum atomic E-state index is -1.11. The van der Waals surface area contributed by atoms with Crippen LogP contribution in [0, 0.1) is 0 Å². The van der Waals surface area contributed by atoms with E-state index in [1.54, 1.807) is 0 Å². The van der Waals surface area contributed by atoms with Crippen LogP contribution in [-0.2, 0) is 9.59 Å². The lowest BCUT2D eigenvalue weighted by Crippen LogP contribution is -2.42. The van der Waals surface area contributed by atoms with Crippen LogP contribution in [0.2, 0.25) is 1.41 Å². The molecule has 1 amide bonds. The Kier molecular flexibility index (Phi) is 2.58. The number of carbonyl (C=O) groups is 2. The number of carboxylic acids is 1. The predicted octanol–water partition coefficient (Wildman–Crippen LogP) is -1.29. The number of nitrogens with one attached hydrogen (secondary N) is 2. The van der Waals surface area contributed by atoms with Crippen molar-refractivity contribution in [1.29, 1.82) is 0 Å². The number of rotatable bonds is 4. The molecule has 0 aliphatic rings. The molecule has 0 aromatic carbocycles. The first-order valence-electron chi connectivity index (χ1n) is 2.75. The second-order valence-electron chi connectivity index (χ2n) is 1.42. The van der Waals surface area contributed by atoms with Gasteiger partial charge in [0.05, 0.1) is 0 Å². The molecule has 0 aromatic heterocycles. The van der Waals surface area contributed by atoms with Gasteiger partial charge >= 0.3 is 5.97 Å². The summed E-state index contributed by atoms with van der Waals surface area (Å²) in [6, 6.07) is -0.928. The number of amides is 1. The largest absolute Gasteiger partial charge is 0.480 e. The Hall–Kier alpha value is -1.10. The second kappa shape index (κ2) is 3.85. The first-order chi connectivity index (χ1) is 4.57. The van der Waals surface area contributed by atoms with Crippen LogP contribution in [0.1, 0.15) is 6.92 Å². The Balaban J connectivity index is 3.67. The van der Waals surface area contributed by atoms with E-state index in [4.69, 9.17) is 6.52 Å². The van der Waals surface area contributed by atoms with Gasteiger partial charge in [-0.3, -0.25) is 15.0 Å². The van der Waals surface area contributed by atoms with Crippen LogP contribution < -0.4 is 10.8 Å². The lowest BCUT2D eigenvalue weighted by molar-refractivity contribution is -0.139. The molecule has 0 aromatic rings. The number of aliphatic carboxylic acids is 1. The first-order valence-corrected chi connectivity index (χ1v) is 2.30. The summed E-state index contributed by atoms with van der Waals surface area (Å²) in [6.07, 6.45) is 0.166. The standard InChI is InChI=1S/C4H8N2O3/c1-3(4(8)9)6-5-2-7/h2-3,6H,1H3,(H,5,7)(H,8,9)/t3-/m0/s1/i/hD. The van der Waals surface area contributed by atoms with E-state index in [0.29, 0.717) is 5.42 Å². The second-order valence-corrected chi connectivity index (χ2v) is 1.42. The molecule has 0 saturated carbocycles. The Morgan fingerprint density at radius 2 is 2.56 bits per heavy atom. The predicted molar refractivity (Wildman–Crippen MR) is 29.4 cm³/mol. The molecule has 0 radical (unpaired) electrons. The van der Waals surface area contributed by atoms with Gasteiger partial charge in [0.25, 0.3) is 0 Å². The fourth-order valence-corrected chi connectivity index (χ4v) is 0.197. The van der Waals surface area contributed by atoms with Gasteiger partial charge < -0.3 is 5.11 Å². The summed E-state index contributed by atoms with van der Waals surface area (Å²) >= 11 is 0. The van der Waals surface area contributed by atoms with Crippen LogP contribution in [0.25, 0.3) is 0 Å². The number of carbonyl (C=O) groups excluding carboxylic acids is 1. The maximum Gasteiger partial charge on any atom is 0.322 e. The topological polar surface area (TPSA) is 78.4 Å². The molecule has 1 atom stereocenters. The number of hydrogen-bond donors (Lipinski definition) is 3. The molecule has 0 unspecified atom stereocenters. The van der Waals surface area contributed by atoms with Crippen LogP contribution in [0.15, 0.2) is 0 Å². The van der Waals surface area contributed by atoms with Crippen LogP contribution >= 0.6 is 0 Å². The normalized spacial score (nSPS) is 13.7. The van der Waals surface area contributed by atoms with Crippen molar-refractivity contribution in [2.45, 2.75) is 13.0 Å². The molecule has 0 spiro atoms. The number of carboxylic acid groups (broad SMARTS) is 1. The molecule has 3 N–H and O–H groups in total. The molecule has 0 fully saturated rings. The van der Waals surface area contributed by atoms with Crippen molar-refractivity contribution in [3.8, 4) is 0 Å². The summed E-state index contributed by atoms with van der Waals surface area (Å²) in [6.45, 7) is 1.33. The van der Waals surface area contributed by atoms with Crippen molar-refractivity contribution in [2.24, 2.45) is 0 Å². The molecule has 52 valence electrons. The number of hydrazine groups is 1. The summed E-state index contributed by atoms with van der Waals surface area (Å²) in [4.78, 5) is 19.8. The van der Waals surface area contributed by atoms with Gasteiger partial charge in [-0.2, -0.15) is 0 Å². The highest BCUT2D eigenvalue weighted by molar-refractivity contribution is 5.72. The highest BCUT2D eigenvalue weighted by Gasteiger charge is 2.07. The van der Waals surface area contributed by atoms with Gasteiger partial charge in [-0.05, 0) is 6.92 Å². The Labute approximate surface area is 53.5 Å². The van der Waals surface area contributed by atoms with Crippen molar-refractivity contribution in [3.63, 3.8) is 0 Å². The molecule has 0 aliphatic carbocycles. The van der Waals surface area contributed by atoms with E-state index in [0.717, 1.165) is 0 Å². The summed E-state index contributed by atoms with van der Waals surface area (Å²) < 4.78 is 6.64. The number of hydrogen-bond acceptors (Lipinski definition) is 3. The van der Waals surface area contributed by atoms with Gasteiger partial charge in [0.2, 0.25) is 6.41 Å². The van der Waals surface area contributed by atoms with Crippen LogP contribution in [0.5, 0.6) is 0 Å². The highest BCUT2D eigenvalue weighted by atomic mass is 16.4. The third-order valence-corrected chi connectivity index (χ3v) is 0.691. The summed E-state index contributed by atoms with van der Waals surface area (Å²) in [7, 11) is 0. The molecular formula is C4H8N2O3. The van der Waals surface area contributed by atoms with Crippen molar-refractivity contribution in [3.05, 3.63) is 0 Å². The summed E-state index contributed by atoms with van der Waals surface area (Å²) in [5, 5.41) is 8.24. The van der Waals surface area contributed by atoms with Crippen molar-refractivity contribution in [2.75, 3.05) is 0 Å². The SMILES string of the molecule is [2H]N(C=O)N[C@@H](C)C(=O)O. The average Bonchev–Trinajstić information content (AvgIpc) is 1.87. The van der Waals surface area contributed by atoms with Gasteiger partial charge in [0, 0.05) is 0 Å². The quantitative estimate of drug-likeness (QED) is 0.329. The zero-order valence-corrected chi connectivity index (χ0v) is 4.87. The van der Waals surface area contributed by atoms with E-state index < -0.39 is 12.0 Å². The summed E-state index contributed by atoms with van der Waals surface area (Å²) in [5.41, 5.74) is 2.37. The van der Waals surface area contributed by atoms with E-state index in [1.165, 1.54) is 6.92 Å². The van der Waals surface area contributed by atoms with E-state index in [1.807, 2.05) is 0 Å². The fraction of sp³-hybridized carbons (Fsp3) is 0.500. The first kappa shape index (κ1) is 6.03. The zero-order chi connectivity index (χ0) is 8.15. The summed E-state index contributed by atoms with van der Waals surface area (Å²) in [5.74, 6) is -1.11. The van der Waals surface area contributed by atoms with E-state index in [-0.39, 0.29) is 6.41 Å². The maximum atomic E-state index is 10.1. The van der Waals surface area contributed by atoms with Crippen LogP contribution in [0.3, 0.4) is 0 Å². The van der Waals surface area contributed by atoms with E-state index >= 15 is 0 Å². The minimum Gasteiger partial charge on any atom is -0.480 e. The molecule has 0 rings (SSSR count). The fourth-order valence-electron chi connectivity index (χ4n) is 0.197. The van der Waals surface area contributed by atoms with Gasteiger partial charge in [0.15, 0.2) is 1.41 Å². The smallest absolute Gasteiger partial charge is 0.322 e. The van der Waals surface area contributed by atoms with Gasteiger partial charge in [0.1, 0.15) is 6.04 Å². The van der Waals surface area contributed by atoms with E-state index in [2.05, 4.69) is 5.43 Å². The lowest BCUT2D eigenvalue weighted by atomic mass is 10.4. The minimum absolute atomic E-state index is 0.166. The van der Waals surface area contributed by atoms with Crippen molar-refractivity contribution in [1.82, 2.24) is 10.8 Å². The Morgan fingerprint density at radius 3 is 2.89 bits per heavy atom. The lowest BCUT2D eigenvalue weighted by Gasteiger charge is -2.04. The van der Waals surface area contributed by atoms with Gasteiger partial charge in [-0.15, -0.1) is 0 Å². The van der Waals surface area contributed by atoms with E-state index in [9.17, 15) is 9.59 Å². The molecule has 0 saturated heterocycles.